The Balaban J connectivity index is 0.000000162. The first-order chi connectivity index (χ1) is 35.6. The van der Waals surface area contributed by atoms with Crippen LogP contribution in [0, 0.1) is 41.4 Å². The van der Waals surface area contributed by atoms with Crippen LogP contribution < -0.4 is 31.8 Å². The molecule has 3 saturated carbocycles. The van der Waals surface area contributed by atoms with Crippen molar-refractivity contribution < 1.29 is 13.7 Å². The molecule has 9 rings (SSSR count). The molecule has 0 N–H and O–H groups in total. The van der Waals surface area contributed by atoms with Crippen molar-refractivity contribution in [1.82, 2.24) is 0 Å². The van der Waals surface area contributed by atoms with Gasteiger partial charge in [0.1, 0.15) is 21.4 Å². The van der Waals surface area contributed by atoms with E-state index < -0.39 is 21.4 Å². The highest BCUT2D eigenvalue weighted by atomic mass is 31.2. The van der Waals surface area contributed by atoms with Crippen molar-refractivity contribution in [3.63, 3.8) is 0 Å². The maximum absolute atomic E-state index is 14.1. The summed E-state index contributed by atoms with van der Waals surface area (Å²) in [5.41, 5.74) is 5.52. The fourth-order valence-corrected chi connectivity index (χ4v) is 19.3. The minimum absolute atomic E-state index is 0.517. The Morgan fingerprint density at radius 3 is 0.959 bits per heavy atom. The lowest BCUT2D eigenvalue weighted by Gasteiger charge is -2.34. The van der Waals surface area contributed by atoms with Gasteiger partial charge in [-0.3, -0.25) is 0 Å². The van der Waals surface area contributed by atoms with E-state index in [1.54, 1.807) is 0 Å². The molecule has 3 aliphatic carbocycles. The molecular formula is C68H83O3P3. The lowest BCUT2D eigenvalue weighted by Crippen LogP contribution is -2.24. The van der Waals surface area contributed by atoms with Crippen LogP contribution in [0.1, 0.15) is 93.4 Å². The normalized spacial score (nSPS) is 22.9. The van der Waals surface area contributed by atoms with Gasteiger partial charge in [-0.25, -0.2) is 0 Å². The van der Waals surface area contributed by atoms with Gasteiger partial charge in [0.05, 0.1) is 0 Å². The number of hydrogen-bond donors (Lipinski definition) is 0. The van der Waals surface area contributed by atoms with E-state index >= 15 is 0 Å². The van der Waals surface area contributed by atoms with Gasteiger partial charge in [0.2, 0.25) is 0 Å². The first-order valence-electron chi connectivity index (χ1n) is 27.4. The Hall–Kier alpha value is -5.03. The quantitative estimate of drug-likeness (QED) is 0.0906. The molecule has 6 aromatic rings. The van der Waals surface area contributed by atoms with Crippen molar-refractivity contribution in [1.29, 1.82) is 0 Å². The SMILES string of the molecule is C=C1/C(=C\CP(=O)(c2ccccc2)c2ccccc2)C[C@@H](C)C[C@@H]1C.CC1[C@H](C)CC(=CCP(=O)(c2ccccc2)c2ccccc2)C[C@H]1C.C[C@@H]1CC(=CCP(=O)(c2ccccc2)c2ccccc2)C[C@@H](C)C1. The summed E-state index contributed by atoms with van der Waals surface area (Å²) in [5.74, 6) is 4.86. The zero-order valence-corrected chi connectivity index (χ0v) is 48.1. The van der Waals surface area contributed by atoms with Gasteiger partial charge in [0.25, 0.3) is 0 Å². The molecule has 0 amide bonds. The Kier molecular flexibility index (Phi) is 20.4. The Morgan fingerprint density at radius 2 is 0.649 bits per heavy atom. The maximum atomic E-state index is 14.1. The monoisotopic (exact) mass is 1040 g/mol. The fourth-order valence-electron chi connectivity index (χ4n) is 11.7. The summed E-state index contributed by atoms with van der Waals surface area (Å²) >= 11 is 0. The van der Waals surface area contributed by atoms with Gasteiger partial charge in [0, 0.05) is 50.3 Å². The number of rotatable bonds is 12. The second kappa shape index (κ2) is 26.6. The van der Waals surface area contributed by atoms with Crippen molar-refractivity contribution in [2.24, 2.45) is 41.4 Å². The van der Waals surface area contributed by atoms with E-state index in [2.05, 4.69) is 73.3 Å². The molecule has 6 heteroatoms. The van der Waals surface area contributed by atoms with Crippen LogP contribution in [-0.4, -0.2) is 18.5 Å². The molecule has 0 bridgehead atoms. The average molecular weight is 1040 g/mol. The van der Waals surface area contributed by atoms with Gasteiger partial charge in [0.15, 0.2) is 0 Å². The van der Waals surface area contributed by atoms with E-state index in [1.807, 2.05) is 182 Å². The topological polar surface area (TPSA) is 51.2 Å². The Bertz CT molecular complexity index is 2790. The van der Waals surface area contributed by atoms with Crippen molar-refractivity contribution in [3.05, 3.63) is 229 Å². The van der Waals surface area contributed by atoms with Gasteiger partial charge in [-0.15, -0.1) is 0 Å². The molecule has 0 saturated heterocycles. The maximum Gasteiger partial charge on any atom is 0.146 e. The van der Waals surface area contributed by atoms with Gasteiger partial charge in [-0.05, 0) is 97.5 Å². The molecule has 0 radical (unpaired) electrons. The highest BCUT2D eigenvalue weighted by Gasteiger charge is 2.31. The highest BCUT2D eigenvalue weighted by molar-refractivity contribution is 7.79. The molecule has 6 atom stereocenters. The molecule has 3 aliphatic rings. The third-order valence-corrected chi connectivity index (χ3v) is 25.1. The molecule has 6 aromatic carbocycles. The summed E-state index contributed by atoms with van der Waals surface area (Å²) in [5, 5.41) is 5.71. The highest BCUT2D eigenvalue weighted by Crippen LogP contribution is 2.48. The average Bonchev–Trinajstić information content (AvgIpc) is 3.43. The Morgan fingerprint density at radius 1 is 0.378 bits per heavy atom. The molecular weight excluding hydrogens is 958 g/mol. The molecule has 0 aliphatic heterocycles. The summed E-state index contributed by atoms with van der Waals surface area (Å²) in [6.07, 6.45) is 16.8. The predicted octanol–water partition coefficient (Wildman–Crippen LogP) is 16.6. The minimum atomic E-state index is -2.67. The molecule has 388 valence electrons. The lowest BCUT2D eigenvalue weighted by molar-refractivity contribution is 0.237. The molecule has 3 fully saturated rings. The van der Waals surface area contributed by atoms with Gasteiger partial charge in [-0.1, -0.05) is 266 Å². The molecule has 0 aromatic heterocycles. The zero-order chi connectivity index (χ0) is 52.7. The summed E-state index contributed by atoms with van der Waals surface area (Å²) in [6, 6.07) is 59.8. The summed E-state index contributed by atoms with van der Waals surface area (Å²) in [7, 11) is -7.90. The minimum Gasteiger partial charge on any atom is -0.313 e. The Labute approximate surface area is 446 Å². The van der Waals surface area contributed by atoms with Crippen molar-refractivity contribution in [2.45, 2.75) is 93.4 Å². The van der Waals surface area contributed by atoms with Crippen LogP contribution in [0.3, 0.4) is 0 Å². The number of allylic oxidation sites excluding steroid dienone is 7. The van der Waals surface area contributed by atoms with E-state index in [0.29, 0.717) is 42.2 Å². The van der Waals surface area contributed by atoms with Crippen molar-refractivity contribution >= 4 is 53.3 Å². The predicted molar refractivity (Wildman–Crippen MR) is 324 cm³/mol. The third-order valence-electron chi connectivity index (χ3n) is 16.2. The van der Waals surface area contributed by atoms with E-state index in [-0.39, 0.29) is 0 Å². The zero-order valence-electron chi connectivity index (χ0n) is 45.4. The van der Waals surface area contributed by atoms with Gasteiger partial charge < -0.3 is 13.7 Å². The molecule has 0 spiro atoms. The number of benzene rings is 6. The number of hydrogen-bond acceptors (Lipinski definition) is 3. The smallest absolute Gasteiger partial charge is 0.146 e. The van der Waals surface area contributed by atoms with Crippen LogP contribution >= 0.6 is 21.4 Å². The fraction of sp³-hybridized carbons (Fsp3) is 0.353. The van der Waals surface area contributed by atoms with E-state index in [1.165, 1.54) is 35.1 Å². The van der Waals surface area contributed by atoms with E-state index in [4.69, 9.17) is 0 Å². The second-order valence-corrected chi connectivity index (χ2v) is 30.9. The second-order valence-electron chi connectivity index (χ2n) is 22.3. The van der Waals surface area contributed by atoms with Gasteiger partial charge in [-0.2, -0.15) is 0 Å². The van der Waals surface area contributed by atoms with Crippen LogP contribution in [0.25, 0.3) is 0 Å². The van der Waals surface area contributed by atoms with Crippen LogP contribution in [0.2, 0.25) is 0 Å². The standard InChI is InChI=1S/C23H29OP.C23H27OP.C22H27OP/c1-18-16-21(17-19(2)20(18)3)14-15-25(24,22-10-6-4-7-11-22)23-12-8-5-9-13-23;1-18-16-19(2)20(3)21(17-18)14-15-25(24,22-10-6-4-7-11-22)23-12-8-5-9-13-23;1-18-15-19(2)17-20(16-18)13-14-24(23,21-9-5-3-6-10-21)22-11-7-4-8-12-22/h4-14,18-20H,15-17H2,1-3H3;4-14,18-19H,3,15-17H2,1-2H3;3-13,18-19H,14-17H2,1-2H3/b;21-14-;/t18-,19-,20?;2*18-,19-/m100/s1. The summed E-state index contributed by atoms with van der Waals surface area (Å²) in [4.78, 5) is 0. The molecule has 3 nitrogen and oxygen atoms in total. The summed E-state index contributed by atoms with van der Waals surface area (Å²) in [6.45, 7) is 20.6. The first kappa shape index (κ1) is 56.7. The molecule has 0 unspecified atom stereocenters. The van der Waals surface area contributed by atoms with Gasteiger partial charge >= 0.3 is 0 Å². The summed E-state index contributed by atoms with van der Waals surface area (Å²) < 4.78 is 42.1. The van der Waals surface area contributed by atoms with Crippen LogP contribution in [-0.2, 0) is 13.7 Å². The van der Waals surface area contributed by atoms with Crippen LogP contribution in [0.4, 0.5) is 0 Å². The van der Waals surface area contributed by atoms with E-state index in [9.17, 15) is 13.7 Å². The lowest BCUT2D eigenvalue weighted by atomic mass is 9.72. The third kappa shape index (κ3) is 14.7. The largest absolute Gasteiger partial charge is 0.313 e. The van der Waals surface area contributed by atoms with Crippen molar-refractivity contribution in [2.75, 3.05) is 18.5 Å². The van der Waals surface area contributed by atoms with Crippen molar-refractivity contribution in [3.8, 4) is 0 Å². The van der Waals surface area contributed by atoms with Crippen LogP contribution in [0.15, 0.2) is 229 Å². The first-order valence-corrected chi connectivity index (χ1v) is 33.1. The molecule has 74 heavy (non-hydrogen) atoms. The molecule has 0 heterocycles. The van der Waals surface area contributed by atoms with Crippen LogP contribution in [0.5, 0.6) is 0 Å². The van der Waals surface area contributed by atoms with E-state index in [0.717, 1.165) is 81.7 Å².